The van der Waals surface area contributed by atoms with Gasteiger partial charge in [0.05, 0.1) is 5.75 Å². The van der Waals surface area contributed by atoms with E-state index in [1.165, 1.54) is 4.88 Å². The van der Waals surface area contributed by atoms with Crippen molar-refractivity contribution in [2.45, 2.75) is 32.6 Å². The number of rotatable bonds is 9. The molecule has 6 nitrogen and oxygen atoms in total. The summed E-state index contributed by atoms with van der Waals surface area (Å²) >= 11 is 1.75. The van der Waals surface area contributed by atoms with Crippen LogP contribution in [0.2, 0.25) is 0 Å². The first kappa shape index (κ1) is 23.6. The fraction of sp³-hybridized carbons (Fsp3) is 0.667. The van der Waals surface area contributed by atoms with Gasteiger partial charge in [-0.05, 0) is 24.8 Å². The van der Waals surface area contributed by atoms with Crippen LogP contribution in [0.5, 0.6) is 0 Å². The number of guanidine groups is 1. The van der Waals surface area contributed by atoms with Crippen LogP contribution in [0.1, 0.15) is 32.1 Å². The van der Waals surface area contributed by atoms with Gasteiger partial charge in [0, 0.05) is 37.0 Å². The van der Waals surface area contributed by atoms with Gasteiger partial charge in [-0.3, -0.25) is 4.99 Å². The molecule has 0 spiro atoms. The van der Waals surface area contributed by atoms with Crippen molar-refractivity contribution < 1.29 is 8.42 Å². The predicted molar refractivity (Wildman–Crippen MR) is 114 cm³/mol. The summed E-state index contributed by atoms with van der Waals surface area (Å²) in [5, 5.41) is 8.61. The second-order valence-electron chi connectivity index (χ2n) is 5.87. The highest BCUT2D eigenvalue weighted by Gasteiger charge is 2.21. The first-order chi connectivity index (χ1) is 10.8. The number of hydrogen-bond donors (Lipinski definition) is 3. The van der Waals surface area contributed by atoms with Crippen LogP contribution >= 0.6 is 35.3 Å². The highest BCUT2D eigenvalue weighted by Crippen LogP contribution is 2.26. The van der Waals surface area contributed by atoms with Crippen LogP contribution in [0, 0.1) is 0 Å². The first-order valence-corrected chi connectivity index (χ1v) is 10.3. The van der Waals surface area contributed by atoms with Gasteiger partial charge < -0.3 is 10.6 Å². The Morgan fingerprint density at radius 1 is 1.29 bits per heavy atom. The summed E-state index contributed by atoms with van der Waals surface area (Å²) in [5.41, 5.74) is 0.0303. The molecule has 1 rings (SSSR count). The Kier molecular flexibility index (Phi) is 11.1. The van der Waals surface area contributed by atoms with Gasteiger partial charge in [0.25, 0.3) is 0 Å². The van der Waals surface area contributed by atoms with E-state index in [9.17, 15) is 8.42 Å². The van der Waals surface area contributed by atoms with Crippen molar-refractivity contribution in [3.63, 3.8) is 0 Å². The topological polar surface area (TPSA) is 82.6 Å². The van der Waals surface area contributed by atoms with E-state index >= 15 is 0 Å². The average molecular weight is 488 g/mol. The molecule has 0 aliphatic heterocycles. The van der Waals surface area contributed by atoms with Gasteiger partial charge in [0.1, 0.15) is 0 Å². The minimum absolute atomic E-state index is 0. The van der Waals surface area contributed by atoms with E-state index in [4.69, 9.17) is 0 Å². The lowest BCUT2D eigenvalue weighted by molar-refractivity contribution is 0.518. The van der Waals surface area contributed by atoms with Crippen molar-refractivity contribution in [3.05, 3.63) is 22.4 Å². The van der Waals surface area contributed by atoms with Crippen LogP contribution in [0.4, 0.5) is 0 Å². The van der Waals surface area contributed by atoms with Crippen LogP contribution < -0.4 is 15.4 Å². The molecule has 0 aromatic carbocycles. The first-order valence-electron chi connectivity index (χ1n) is 7.76. The largest absolute Gasteiger partial charge is 0.356 e. The lowest BCUT2D eigenvalue weighted by Crippen LogP contribution is -2.43. The van der Waals surface area contributed by atoms with Gasteiger partial charge in [-0.2, -0.15) is 0 Å². The zero-order chi connectivity index (χ0) is 17.3. The number of halogens is 1. The smallest absolute Gasteiger partial charge is 0.211 e. The Balaban J connectivity index is 0.00000529. The quantitative estimate of drug-likeness (QED) is 0.215. The van der Waals surface area contributed by atoms with Crippen LogP contribution in [-0.4, -0.2) is 46.8 Å². The molecule has 3 N–H and O–H groups in total. The minimum atomic E-state index is -3.10. The van der Waals surface area contributed by atoms with Crippen molar-refractivity contribution in [2.24, 2.45) is 4.99 Å². The van der Waals surface area contributed by atoms with Gasteiger partial charge in [-0.15, -0.1) is 35.3 Å². The zero-order valence-electron chi connectivity index (χ0n) is 14.8. The molecule has 0 amide bonds. The normalized spacial score (nSPS) is 12.6. The van der Waals surface area contributed by atoms with Crippen molar-refractivity contribution >= 4 is 51.3 Å². The number of thiophene rings is 1. The lowest BCUT2D eigenvalue weighted by atomic mass is 9.91. The second-order valence-corrected chi connectivity index (χ2v) is 8.91. The molecule has 24 heavy (non-hydrogen) atoms. The summed E-state index contributed by atoms with van der Waals surface area (Å²) in [7, 11) is -1.37. The van der Waals surface area contributed by atoms with Crippen LogP contribution in [0.3, 0.4) is 0 Å². The summed E-state index contributed by atoms with van der Waals surface area (Å²) in [5.74, 6) is 0.842. The number of nitrogens with zero attached hydrogens (tertiary/aromatic N) is 1. The molecule has 1 aromatic heterocycles. The van der Waals surface area contributed by atoms with Crippen LogP contribution in [-0.2, 0) is 15.4 Å². The van der Waals surface area contributed by atoms with E-state index in [1.54, 1.807) is 25.3 Å². The molecule has 1 aromatic rings. The second kappa shape index (κ2) is 11.3. The van der Waals surface area contributed by atoms with Gasteiger partial charge in [-0.25, -0.2) is 13.1 Å². The number of nitrogens with one attached hydrogen (secondary N) is 3. The Morgan fingerprint density at radius 3 is 2.54 bits per heavy atom. The lowest BCUT2D eigenvalue weighted by Gasteiger charge is -2.25. The highest BCUT2D eigenvalue weighted by atomic mass is 127. The molecule has 140 valence electrons. The fourth-order valence-corrected chi connectivity index (χ4v) is 3.41. The van der Waals surface area contributed by atoms with Gasteiger partial charge in [0.2, 0.25) is 10.0 Å². The summed E-state index contributed by atoms with van der Waals surface area (Å²) in [6.07, 6.45) is 0.703. The summed E-state index contributed by atoms with van der Waals surface area (Å²) in [6, 6.07) is 4.20. The van der Waals surface area contributed by atoms with E-state index < -0.39 is 10.0 Å². The molecule has 0 fully saturated rings. The maximum Gasteiger partial charge on any atom is 0.211 e. The third-order valence-corrected chi connectivity index (χ3v) is 6.10. The number of aliphatic imine (C=N–C) groups is 1. The van der Waals surface area contributed by atoms with Gasteiger partial charge in [-0.1, -0.05) is 19.9 Å². The molecule has 0 saturated carbocycles. The molecule has 0 unspecified atom stereocenters. The monoisotopic (exact) mass is 488 g/mol. The Bertz CT molecular complexity index is 587. The molecule has 0 radical (unpaired) electrons. The summed E-state index contributed by atoms with van der Waals surface area (Å²) in [4.78, 5) is 5.52. The zero-order valence-corrected chi connectivity index (χ0v) is 18.7. The van der Waals surface area contributed by atoms with Crippen LogP contribution in [0.15, 0.2) is 22.5 Å². The fourth-order valence-electron chi connectivity index (χ4n) is 1.90. The Labute approximate surface area is 167 Å². The predicted octanol–water partition coefficient (Wildman–Crippen LogP) is 2.14. The highest BCUT2D eigenvalue weighted by molar-refractivity contribution is 14.0. The number of sulfonamides is 1. The Morgan fingerprint density at radius 2 is 2.00 bits per heavy atom. The maximum atomic E-state index is 11.3. The minimum Gasteiger partial charge on any atom is -0.356 e. The maximum absolute atomic E-state index is 11.3. The number of hydrogen-bond acceptors (Lipinski definition) is 4. The molecule has 0 saturated heterocycles. The van der Waals surface area contributed by atoms with E-state index in [2.05, 4.69) is 51.7 Å². The SMILES string of the molecule is CCS(=O)(=O)NCCCNC(=NC)NCC(C)(C)c1cccs1.I. The summed E-state index contributed by atoms with van der Waals surface area (Å²) < 4.78 is 25.2. The van der Waals surface area contributed by atoms with E-state index in [-0.39, 0.29) is 35.1 Å². The van der Waals surface area contributed by atoms with Gasteiger partial charge >= 0.3 is 0 Å². The Hall–Kier alpha value is -0.390. The van der Waals surface area contributed by atoms with E-state index in [0.29, 0.717) is 19.5 Å². The van der Waals surface area contributed by atoms with Crippen molar-refractivity contribution in [2.75, 3.05) is 32.4 Å². The van der Waals surface area contributed by atoms with Crippen molar-refractivity contribution in [1.29, 1.82) is 0 Å². The standard InChI is InChI=1S/C15H28N4O2S2.HI/c1-5-23(20,21)19-10-7-9-17-14(16-4)18-12-15(2,3)13-8-6-11-22-13;/h6,8,11,19H,5,7,9-10,12H2,1-4H3,(H2,16,17,18);1H. The van der Waals surface area contributed by atoms with Crippen molar-refractivity contribution in [3.8, 4) is 0 Å². The van der Waals surface area contributed by atoms with Crippen molar-refractivity contribution in [1.82, 2.24) is 15.4 Å². The van der Waals surface area contributed by atoms with E-state index in [1.807, 2.05) is 0 Å². The van der Waals surface area contributed by atoms with E-state index in [0.717, 1.165) is 12.5 Å². The van der Waals surface area contributed by atoms with Gasteiger partial charge in [0.15, 0.2) is 5.96 Å². The molecular formula is C15H29IN4O2S2. The third-order valence-electron chi connectivity index (χ3n) is 3.46. The molecule has 0 atom stereocenters. The molecule has 0 bridgehead atoms. The van der Waals surface area contributed by atoms with Crippen LogP contribution in [0.25, 0.3) is 0 Å². The summed E-state index contributed by atoms with van der Waals surface area (Å²) in [6.45, 7) is 7.88. The molecule has 0 aliphatic carbocycles. The molecule has 0 aliphatic rings. The average Bonchev–Trinajstić information content (AvgIpc) is 3.05. The third kappa shape index (κ3) is 8.63. The molecule has 9 heteroatoms. The molecular weight excluding hydrogens is 459 g/mol. The molecule has 1 heterocycles.